The zero-order chi connectivity index (χ0) is 11.4. The lowest BCUT2D eigenvalue weighted by molar-refractivity contribution is 0.178. The Morgan fingerprint density at radius 3 is 3.12 bits per heavy atom. The number of methoxy groups -OCH3 is 1. The molecule has 2 N–H and O–H groups in total. The lowest BCUT2D eigenvalue weighted by Gasteiger charge is -2.12. The normalized spacial score (nSPS) is 24.4. The van der Waals surface area contributed by atoms with Crippen LogP contribution in [0, 0.1) is 5.92 Å². The van der Waals surface area contributed by atoms with Gasteiger partial charge in [0.2, 0.25) is 5.88 Å². The minimum absolute atomic E-state index is 0.0984. The van der Waals surface area contributed by atoms with Crippen molar-refractivity contribution in [3.05, 3.63) is 18.3 Å². The first kappa shape index (κ1) is 11.2. The summed E-state index contributed by atoms with van der Waals surface area (Å²) < 4.78 is 5.05. The molecule has 1 aromatic heterocycles. The average Bonchev–Trinajstić information content (AvgIpc) is 2.73. The highest BCUT2D eigenvalue weighted by atomic mass is 16.5. The Labute approximate surface area is 95.7 Å². The fraction of sp³-hybridized carbons (Fsp3) is 0.583. The van der Waals surface area contributed by atoms with Gasteiger partial charge in [-0.2, -0.15) is 0 Å². The van der Waals surface area contributed by atoms with Crippen molar-refractivity contribution < 1.29 is 9.84 Å². The first-order valence-corrected chi connectivity index (χ1v) is 5.70. The third-order valence-electron chi connectivity index (χ3n) is 3.05. The fourth-order valence-corrected chi connectivity index (χ4v) is 2.13. The number of aliphatic hydroxyl groups excluding tert-OH is 1. The van der Waals surface area contributed by atoms with Gasteiger partial charge in [0.15, 0.2) is 0 Å². The van der Waals surface area contributed by atoms with Crippen LogP contribution in [0.1, 0.15) is 19.3 Å². The molecule has 0 saturated heterocycles. The molecule has 1 fully saturated rings. The number of nitrogens with one attached hydrogen (secondary N) is 1. The van der Waals surface area contributed by atoms with Crippen LogP contribution in [0.4, 0.5) is 5.69 Å². The van der Waals surface area contributed by atoms with Gasteiger partial charge in [0.25, 0.3) is 0 Å². The van der Waals surface area contributed by atoms with Gasteiger partial charge < -0.3 is 15.2 Å². The Kier molecular flexibility index (Phi) is 3.62. The number of anilines is 1. The van der Waals surface area contributed by atoms with Crippen LogP contribution in [0.2, 0.25) is 0 Å². The predicted octanol–water partition coefficient (Wildman–Crippen LogP) is 1.66. The Hall–Kier alpha value is -1.29. The first-order valence-electron chi connectivity index (χ1n) is 5.70. The molecule has 0 aliphatic heterocycles. The molecule has 4 nitrogen and oxygen atoms in total. The third-order valence-corrected chi connectivity index (χ3v) is 3.05. The van der Waals surface area contributed by atoms with Gasteiger partial charge in [0.05, 0.1) is 13.2 Å². The minimum Gasteiger partial charge on any atom is -0.481 e. The summed E-state index contributed by atoms with van der Waals surface area (Å²) in [4.78, 5) is 4.05. The number of nitrogens with zero attached hydrogens (tertiary/aromatic N) is 1. The summed E-state index contributed by atoms with van der Waals surface area (Å²) in [5.74, 6) is 1.20. The van der Waals surface area contributed by atoms with Crippen LogP contribution in [-0.4, -0.2) is 29.8 Å². The first-order chi connectivity index (χ1) is 7.78. The van der Waals surface area contributed by atoms with E-state index in [0.717, 1.165) is 31.5 Å². The molecule has 1 aromatic rings. The van der Waals surface area contributed by atoms with E-state index in [1.54, 1.807) is 13.3 Å². The highest BCUT2D eigenvalue weighted by molar-refractivity contribution is 5.44. The van der Waals surface area contributed by atoms with E-state index < -0.39 is 0 Å². The molecule has 0 amide bonds. The van der Waals surface area contributed by atoms with Crippen molar-refractivity contribution in [1.82, 2.24) is 4.98 Å². The molecular weight excluding hydrogens is 204 g/mol. The number of aromatic nitrogens is 1. The van der Waals surface area contributed by atoms with E-state index in [1.807, 2.05) is 12.1 Å². The fourth-order valence-electron chi connectivity index (χ4n) is 2.13. The van der Waals surface area contributed by atoms with Crippen LogP contribution in [-0.2, 0) is 0 Å². The second-order valence-corrected chi connectivity index (χ2v) is 4.30. The van der Waals surface area contributed by atoms with Crippen molar-refractivity contribution >= 4 is 5.69 Å². The standard InChI is InChI=1S/C12H18N2O2/c1-16-12-7-10(4-5-13-12)14-8-9-2-3-11(15)6-9/h4-5,7,9,11,15H,2-3,6,8H2,1H3,(H,13,14). The van der Waals surface area contributed by atoms with Crippen LogP contribution < -0.4 is 10.1 Å². The molecule has 1 heterocycles. The van der Waals surface area contributed by atoms with Crippen LogP contribution in [0.15, 0.2) is 18.3 Å². The molecule has 16 heavy (non-hydrogen) atoms. The second-order valence-electron chi connectivity index (χ2n) is 4.30. The van der Waals surface area contributed by atoms with E-state index in [9.17, 15) is 5.11 Å². The van der Waals surface area contributed by atoms with Crippen LogP contribution >= 0.6 is 0 Å². The molecule has 0 bridgehead atoms. The maximum Gasteiger partial charge on any atom is 0.214 e. The lowest BCUT2D eigenvalue weighted by Crippen LogP contribution is -2.12. The van der Waals surface area contributed by atoms with Gasteiger partial charge in [-0.05, 0) is 31.2 Å². The van der Waals surface area contributed by atoms with E-state index in [2.05, 4.69) is 10.3 Å². The SMILES string of the molecule is COc1cc(NCC2CCC(O)C2)ccn1. The molecule has 2 atom stereocenters. The Bertz CT molecular complexity index is 344. The summed E-state index contributed by atoms with van der Waals surface area (Å²) in [5, 5.41) is 12.8. The van der Waals surface area contributed by atoms with Crippen molar-refractivity contribution in [2.24, 2.45) is 5.92 Å². The van der Waals surface area contributed by atoms with Gasteiger partial charge >= 0.3 is 0 Å². The Morgan fingerprint density at radius 1 is 1.56 bits per heavy atom. The molecule has 1 aliphatic rings. The highest BCUT2D eigenvalue weighted by Gasteiger charge is 2.22. The van der Waals surface area contributed by atoms with Gasteiger partial charge in [-0.25, -0.2) is 4.98 Å². The minimum atomic E-state index is -0.0984. The molecule has 2 rings (SSSR count). The van der Waals surface area contributed by atoms with Crippen molar-refractivity contribution in [2.75, 3.05) is 19.0 Å². The zero-order valence-corrected chi connectivity index (χ0v) is 9.52. The van der Waals surface area contributed by atoms with E-state index in [-0.39, 0.29) is 6.10 Å². The van der Waals surface area contributed by atoms with Gasteiger partial charge in [-0.15, -0.1) is 0 Å². The monoisotopic (exact) mass is 222 g/mol. The van der Waals surface area contributed by atoms with Crippen LogP contribution in [0.5, 0.6) is 5.88 Å². The Balaban J connectivity index is 1.84. The average molecular weight is 222 g/mol. The number of aliphatic hydroxyl groups is 1. The molecule has 0 spiro atoms. The number of rotatable bonds is 4. The largest absolute Gasteiger partial charge is 0.481 e. The van der Waals surface area contributed by atoms with Crippen molar-refractivity contribution in [3.63, 3.8) is 0 Å². The number of pyridine rings is 1. The summed E-state index contributed by atoms with van der Waals surface area (Å²) in [6.07, 6.45) is 4.58. The smallest absolute Gasteiger partial charge is 0.214 e. The molecular formula is C12H18N2O2. The van der Waals surface area contributed by atoms with Crippen LogP contribution in [0.25, 0.3) is 0 Å². The molecule has 0 radical (unpaired) electrons. The molecule has 0 aromatic carbocycles. The lowest BCUT2D eigenvalue weighted by atomic mass is 10.1. The van der Waals surface area contributed by atoms with E-state index >= 15 is 0 Å². The third kappa shape index (κ3) is 2.85. The molecule has 1 aliphatic carbocycles. The number of hydrogen-bond donors (Lipinski definition) is 2. The molecule has 2 unspecified atom stereocenters. The Morgan fingerprint density at radius 2 is 2.44 bits per heavy atom. The van der Waals surface area contributed by atoms with Gasteiger partial charge in [0.1, 0.15) is 0 Å². The van der Waals surface area contributed by atoms with Crippen molar-refractivity contribution in [1.29, 1.82) is 0 Å². The molecule has 4 heteroatoms. The summed E-state index contributed by atoms with van der Waals surface area (Å²) in [5.41, 5.74) is 1.02. The van der Waals surface area contributed by atoms with Crippen molar-refractivity contribution in [3.8, 4) is 5.88 Å². The summed E-state index contributed by atoms with van der Waals surface area (Å²) in [7, 11) is 1.61. The quantitative estimate of drug-likeness (QED) is 0.813. The second kappa shape index (κ2) is 5.16. The number of hydrogen-bond acceptors (Lipinski definition) is 4. The summed E-state index contributed by atoms with van der Waals surface area (Å²) in [6.45, 7) is 0.907. The number of ether oxygens (including phenoxy) is 1. The van der Waals surface area contributed by atoms with E-state index in [1.165, 1.54) is 0 Å². The van der Waals surface area contributed by atoms with Crippen molar-refractivity contribution in [2.45, 2.75) is 25.4 Å². The van der Waals surface area contributed by atoms with Gasteiger partial charge in [0, 0.05) is 24.5 Å². The molecule has 88 valence electrons. The van der Waals surface area contributed by atoms with Gasteiger partial charge in [-0.3, -0.25) is 0 Å². The maximum absolute atomic E-state index is 9.42. The van der Waals surface area contributed by atoms with E-state index in [4.69, 9.17) is 4.74 Å². The van der Waals surface area contributed by atoms with Crippen LogP contribution in [0.3, 0.4) is 0 Å². The predicted molar refractivity (Wildman–Crippen MR) is 62.6 cm³/mol. The zero-order valence-electron chi connectivity index (χ0n) is 9.52. The topological polar surface area (TPSA) is 54.4 Å². The van der Waals surface area contributed by atoms with Gasteiger partial charge in [-0.1, -0.05) is 0 Å². The summed E-state index contributed by atoms with van der Waals surface area (Å²) >= 11 is 0. The maximum atomic E-state index is 9.42. The highest BCUT2D eigenvalue weighted by Crippen LogP contribution is 2.25. The van der Waals surface area contributed by atoms with E-state index in [0.29, 0.717) is 11.8 Å². The molecule has 1 saturated carbocycles. The summed E-state index contributed by atoms with van der Waals surface area (Å²) in [6, 6.07) is 3.80.